The number of carbonyl (C=O) groups is 1. The van der Waals surface area contributed by atoms with Gasteiger partial charge in [-0.15, -0.1) is 0 Å². The summed E-state index contributed by atoms with van der Waals surface area (Å²) < 4.78 is 13.6. The summed E-state index contributed by atoms with van der Waals surface area (Å²) in [6.07, 6.45) is 1.54. The van der Waals surface area contributed by atoms with Crippen molar-refractivity contribution in [2.24, 2.45) is 5.92 Å². The van der Waals surface area contributed by atoms with E-state index in [4.69, 9.17) is 5.11 Å². The maximum Gasteiger partial charge on any atom is 0.251 e. The minimum atomic E-state index is -0.454. The van der Waals surface area contributed by atoms with Crippen molar-refractivity contribution in [2.75, 3.05) is 13.2 Å². The molecule has 3 nitrogen and oxygen atoms in total. The number of amides is 1. The van der Waals surface area contributed by atoms with Crippen LogP contribution >= 0.6 is 15.9 Å². The van der Waals surface area contributed by atoms with E-state index in [1.807, 2.05) is 6.92 Å². The predicted octanol–water partition coefficient (Wildman–Crippen LogP) is 2.73. The quantitative estimate of drug-likeness (QED) is 0.847. The summed E-state index contributed by atoms with van der Waals surface area (Å²) >= 11 is 3.04. The first-order valence-corrected chi connectivity index (χ1v) is 6.71. The molecule has 1 unspecified atom stereocenters. The number of hydrogen-bond acceptors (Lipinski definition) is 2. The Morgan fingerprint density at radius 2 is 2.28 bits per heavy atom. The molecule has 18 heavy (non-hydrogen) atoms. The zero-order valence-electron chi connectivity index (χ0n) is 10.2. The van der Waals surface area contributed by atoms with Crippen molar-refractivity contribution in [3.63, 3.8) is 0 Å². The van der Waals surface area contributed by atoms with Crippen LogP contribution in [0.2, 0.25) is 0 Å². The van der Waals surface area contributed by atoms with E-state index < -0.39 is 5.82 Å². The second-order valence-corrected chi connectivity index (χ2v) is 4.98. The van der Waals surface area contributed by atoms with Gasteiger partial charge in [0.1, 0.15) is 5.82 Å². The molecule has 1 atom stereocenters. The first-order chi connectivity index (χ1) is 8.58. The summed E-state index contributed by atoms with van der Waals surface area (Å²) in [4.78, 5) is 11.8. The van der Waals surface area contributed by atoms with Crippen LogP contribution in [0.3, 0.4) is 0 Å². The molecule has 0 saturated heterocycles. The molecule has 1 rings (SSSR count). The number of benzene rings is 1. The molecule has 1 aromatic carbocycles. The first kappa shape index (κ1) is 15.1. The van der Waals surface area contributed by atoms with Gasteiger partial charge >= 0.3 is 0 Å². The van der Waals surface area contributed by atoms with Crippen molar-refractivity contribution in [2.45, 2.75) is 19.8 Å². The summed E-state index contributed by atoms with van der Waals surface area (Å²) in [6.45, 7) is 2.61. The molecule has 0 aliphatic heterocycles. The molecule has 0 saturated carbocycles. The van der Waals surface area contributed by atoms with E-state index in [9.17, 15) is 9.18 Å². The van der Waals surface area contributed by atoms with Gasteiger partial charge in [0.25, 0.3) is 5.91 Å². The molecule has 0 heterocycles. The molecule has 5 heteroatoms. The van der Waals surface area contributed by atoms with Crippen LogP contribution in [0.4, 0.5) is 4.39 Å². The fourth-order valence-corrected chi connectivity index (χ4v) is 1.86. The van der Waals surface area contributed by atoms with E-state index >= 15 is 0 Å². The van der Waals surface area contributed by atoms with Gasteiger partial charge < -0.3 is 10.4 Å². The molecular weight excluding hydrogens is 301 g/mol. The second-order valence-electron chi connectivity index (χ2n) is 4.13. The van der Waals surface area contributed by atoms with Crippen molar-refractivity contribution in [3.05, 3.63) is 34.1 Å². The fraction of sp³-hybridized carbons (Fsp3) is 0.462. The standard InChI is InChI=1S/C13H17BrFNO2/c1-2-9(5-6-17)8-16-13(18)10-3-4-11(14)12(15)7-10/h3-4,7,9,17H,2,5-6,8H2,1H3,(H,16,18). The van der Waals surface area contributed by atoms with E-state index in [1.54, 1.807) is 6.07 Å². The highest BCUT2D eigenvalue weighted by Crippen LogP contribution is 2.16. The van der Waals surface area contributed by atoms with Crippen molar-refractivity contribution < 1.29 is 14.3 Å². The number of halogens is 2. The third-order valence-electron chi connectivity index (χ3n) is 2.85. The lowest BCUT2D eigenvalue weighted by atomic mass is 10.0. The zero-order valence-corrected chi connectivity index (χ0v) is 11.8. The number of aliphatic hydroxyl groups excluding tert-OH is 1. The van der Waals surface area contributed by atoms with E-state index in [0.717, 1.165) is 6.42 Å². The molecule has 0 aliphatic carbocycles. The average Bonchev–Trinajstić information content (AvgIpc) is 2.37. The molecule has 0 aliphatic rings. The predicted molar refractivity (Wildman–Crippen MR) is 71.9 cm³/mol. The molecule has 0 bridgehead atoms. The minimum Gasteiger partial charge on any atom is -0.396 e. The van der Waals surface area contributed by atoms with Crippen LogP contribution in [-0.2, 0) is 0 Å². The number of aliphatic hydroxyl groups is 1. The highest BCUT2D eigenvalue weighted by molar-refractivity contribution is 9.10. The summed E-state index contributed by atoms with van der Waals surface area (Å²) in [7, 11) is 0. The van der Waals surface area contributed by atoms with Gasteiger partial charge in [-0.25, -0.2) is 4.39 Å². The van der Waals surface area contributed by atoms with Gasteiger partial charge in [0.2, 0.25) is 0 Å². The van der Waals surface area contributed by atoms with Crippen LogP contribution in [0, 0.1) is 11.7 Å². The molecule has 1 amide bonds. The molecule has 0 spiro atoms. The highest BCUT2D eigenvalue weighted by atomic mass is 79.9. The monoisotopic (exact) mass is 317 g/mol. The van der Waals surface area contributed by atoms with Gasteiger partial charge in [-0.05, 0) is 46.5 Å². The smallest absolute Gasteiger partial charge is 0.251 e. The third kappa shape index (κ3) is 4.38. The summed E-state index contributed by atoms with van der Waals surface area (Å²) in [5.41, 5.74) is 0.301. The zero-order chi connectivity index (χ0) is 13.5. The molecular formula is C13H17BrFNO2. The molecule has 0 radical (unpaired) electrons. The van der Waals surface area contributed by atoms with Gasteiger partial charge in [-0.2, -0.15) is 0 Å². The Bertz CT molecular complexity index is 412. The van der Waals surface area contributed by atoms with E-state index in [0.29, 0.717) is 23.0 Å². The third-order valence-corrected chi connectivity index (χ3v) is 3.49. The van der Waals surface area contributed by atoms with Crippen LogP contribution in [-0.4, -0.2) is 24.2 Å². The first-order valence-electron chi connectivity index (χ1n) is 5.92. The molecule has 2 N–H and O–H groups in total. The summed E-state index contributed by atoms with van der Waals surface area (Å²) in [5.74, 6) is -0.498. The Hall–Kier alpha value is -0.940. The molecule has 100 valence electrons. The van der Waals surface area contributed by atoms with E-state index in [2.05, 4.69) is 21.2 Å². The molecule has 1 aromatic rings. The number of hydrogen-bond donors (Lipinski definition) is 2. The van der Waals surface area contributed by atoms with E-state index in [1.165, 1.54) is 12.1 Å². The molecule has 0 aromatic heterocycles. The normalized spacial score (nSPS) is 12.2. The van der Waals surface area contributed by atoms with Crippen LogP contribution in [0.5, 0.6) is 0 Å². The second kappa shape index (κ2) is 7.48. The SMILES string of the molecule is CCC(CCO)CNC(=O)c1ccc(Br)c(F)c1. The maximum absolute atomic E-state index is 13.3. The van der Waals surface area contributed by atoms with Crippen LogP contribution in [0.25, 0.3) is 0 Å². The minimum absolute atomic E-state index is 0.112. The molecule has 0 fully saturated rings. The Balaban J connectivity index is 2.57. The van der Waals surface area contributed by atoms with Gasteiger partial charge in [-0.1, -0.05) is 13.3 Å². The van der Waals surface area contributed by atoms with Crippen molar-refractivity contribution >= 4 is 21.8 Å². The van der Waals surface area contributed by atoms with Crippen molar-refractivity contribution in [3.8, 4) is 0 Å². The highest BCUT2D eigenvalue weighted by Gasteiger charge is 2.11. The van der Waals surface area contributed by atoms with E-state index in [-0.39, 0.29) is 18.4 Å². The Morgan fingerprint density at radius 1 is 1.56 bits per heavy atom. The number of nitrogens with one attached hydrogen (secondary N) is 1. The number of rotatable bonds is 6. The number of carbonyl (C=O) groups excluding carboxylic acids is 1. The topological polar surface area (TPSA) is 49.3 Å². The fourth-order valence-electron chi connectivity index (χ4n) is 1.61. The van der Waals surface area contributed by atoms with Gasteiger partial charge in [0, 0.05) is 18.7 Å². The summed E-state index contributed by atoms with van der Waals surface area (Å²) in [5, 5.41) is 11.6. The van der Waals surface area contributed by atoms with Gasteiger partial charge in [0.15, 0.2) is 0 Å². The van der Waals surface area contributed by atoms with Crippen molar-refractivity contribution in [1.29, 1.82) is 0 Å². The average molecular weight is 318 g/mol. The van der Waals surface area contributed by atoms with Crippen LogP contribution < -0.4 is 5.32 Å². The lowest BCUT2D eigenvalue weighted by Crippen LogP contribution is -2.29. The maximum atomic E-state index is 13.3. The van der Waals surface area contributed by atoms with Crippen LogP contribution in [0.15, 0.2) is 22.7 Å². The Kier molecular flexibility index (Phi) is 6.29. The van der Waals surface area contributed by atoms with Gasteiger partial charge in [-0.3, -0.25) is 4.79 Å². The Labute approximate surface area is 115 Å². The lowest BCUT2D eigenvalue weighted by Gasteiger charge is -2.14. The van der Waals surface area contributed by atoms with Gasteiger partial charge in [0.05, 0.1) is 4.47 Å². The lowest BCUT2D eigenvalue weighted by molar-refractivity contribution is 0.0943. The Morgan fingerprint density at radius 3 is 2.83 bits per heavy atom. The largest absolute Gasteiger partial charge is 0.396 e. The van der Waals surface area contributed by atoms with Crippen LogP contribution in [0.1, 0.15) is 30.1 Å². The summed E-state index contributed by atoms with van der Waals surface area (Å²) in [6, 6.07) is 4.27. The van der Waals surface area contributed by atoms with Crippen molar-refractivity contribution in [1.82, 2.24) is 5.32 Å².